The molecule has 0 atom stereocenters. The molecule has 0 saturated heterocycles. The van der Waals surface area contributed by atoms with Gasteiger partial charge in [0.05, 0.1) is 14.2 Å². The van der Waals surface area contributed by atoms with Gasteiger partial charge >= 0.3 is 0 Å². The van der Waals surface area contributed by atoms with Crippen molar-refractivity contribution in [3.05, 3.63) is 50.1 Å². The van der Waals surface area contributed by atoms with Crippen LogP contribution in [0.4, 0.5) is 0 Å². The van der Waals surface area contributed by atoms with Gasteiger partial charge in [-0.2, -0.15) is 0 Å². The van der Waals surface area contributed by atoms with Crippen LogP contribution in [0.1, 0.15) is 15.2 Å². The zero-order chi connectivity index (χ0) is 14.0. The molecule has 1 aromatic heterocycles. The number of hydrogen-bond donors (Lipinski definition) is 2. The maximum absolute atomic E-state index is 11.8. The van der Waals surface area contributed by atoms with E-state index < -0.39 is 0 Å². The Kier molecular flexibility index (Phi) is 4.14. The predicted molar refractivity (Wildman–Crippen MR) is 77.5 cm³/mol. The Bertz CT molecular complexity index is 662. The molecular formula is C13H8Cl2O3S. The number of thiophene rings is 1. The minimum atomic E-state index is -0.231. The lowest BCUT2D eigenvalue weighted by Gasteiger charge is -2.02. The third kappa shape index (κ3) is 3.29. The molecule has 0 unspecified atom stereocenters. The first-order valence-corrected chi connectivity index (χ1v) is 6.74. The van der Waals surface area contributed by atoms with Crippen LogP contribution < -0.4 is 0 Å². The average Bonchev–Trinajstić information content (AvgIpc) is 2.78. The average molecular weight is 315 g/mol. The SMILES string of the molecule is O=C(/C=C/c1cc(O)c(Cl)cc1O)c1ccc(Cl)s1. The third-order valence-corrected chi connectivity index (χ3v) is 3.87. The van der Waals surface area contributed by atoms with Crippen LogP contribution in [-0.4, -0.2) is 16.0 Å². The Morgan fingerprint density at radius 2 is 1.89 bits per heavy atom. The molecule has 98 valence electrons. The lowest BCUT2D eigenvalue weighted by molar-refractivity contribution is 0.105. The number of phenols is 2. The molecule has 1 aromatic carbocycles. The van der Waals surface area contributed by atoms with Crippen LogP contribution in [0.5, 0.6) is 11.5 Å². The predicted octanol–water partition coefficient (Wildman–Crippen LogP) is 4.36. The maximum Gasteiger partial charge on any atom is 0.195 e. The van der Waals surface area contributed by atoms with Crippen molar-refractivity contribution in [3.8, 4) is 11.5 Å². The summed E-state index contributed by atoms with van der Waals surface area (Å²) in [5.41, 5.74) is 0.304. The molecule has 2 N–H and O–H groups in total. The normalized spacial score (nSPS) is 11.1. The van der Waals surface area contributed by atoms with Crippen molar-refractivity contribution in [2.45, 2.75) is 0 Å². The molecule has 0 saturated carbocycles. The molecule has 0 aliphatic rings. The largest absolute Gasteiger partial charge is 0.507 e. The Hall–Kier alpha value is -1.49. The van der Waals surface area contributed by atoms with E-state index in [0.717, 1.165) is 0 Å². The number of halogens is 2. The highest BCUT2D eigenvalue weighted by Crippen LogP contribution is 2.31. The lowest BCUT2D eigenvalue weighted by Crippen LogP contribution is -1.88. The third-order valence-electron chi connectivity index (χ3n) is 2.33. The van der Waals surface area contributed by atoms with Gasteiger partial charge in [0.25, 0.3) is 0 Å². The minimum Gasteiger partial charge on any atom is -0.507 e. The standard InChI is InChI=1S/C13H8Cl2O3S/c14-8-6-10(17)7(5-11(8)18)1-2-9(16)12-3-4-13(15)19-12/h1-6,17-18H/b2-1+. The van der Waals surface area contributed by atoms with Crippen LogP contribution in [0.25, 0.3) is 6.08 Å². The number of carbonyl (C=O) groups is 1. The van der Waals surface area contributed by atoms with Gasteiger partial charge in [-0.1, -0.05) is 23.2 Å². The van der Waals surface area contributed by atoms with Crippen LogP contribution in [0.3, 0.4) is 0 Å². The molecule has 1 heterocycles. The number of aromatic hydroxyl groups is 2. The molecule has 6 heteroatoms. The van der Waals surface area contributed by atoms with Crippen LogP contribution in [0, 0.1) is 0 Å². The van der Waals surface area contributed by atoms with E-state index in [9.17, 15) is 15.0 Å². The van der Waals surface area contributed by atoms with Crippen molar-refractivity contribution < 1.29 is 15.0 Å². The molecular weight excluding hydrogens is 307 g/mol. The van der Waals surface area contributed by atoms with Crippen molar-refractivity contribution >= 4 is 46.4 Å². The zero-order valence-corrected chi connectivity index (χ0v) is 11.8. The Balaban J connectivity index is 2.23. The second-order valence-corrected chi connectivity index (χ2v) is 5.79. The van der Waals surface area contributed by atoms with Crippen molar-refractivity contribution in [1.29, 1.82) is 0 Å². The Morgan fingerprint density at radius 1 is 1.16 bits per heavy atom. The van der Waals surface area contributed by atoms with Crippen molar-refractivity contribution in [2.75, 3.05) is 0 Å². The van der Waals surface area contributed by atoms with Crippen LogP contribution in [-0.2, 0) is 0 Å². The smallest absolute Gasteiger partial charge is 0.195 e. The maximum atomic E-state index is 11.8. The highest BCUT2D eigenvalue weighted by molar-refractivity contribution is 7.18. The van der Waals surface area contributed by atoms with E-state index in [2.05, 4.69) is 0 Å². The van der Waals surface area contributed by atoms with E-state index in [1.54, 1.807) is 12.1 Å². The first-order chi connectivity index (χ1) is 8.97. The lowest BCUT2D eigenvalue weighted by atomic mass is 10.1. The summed E-state index contributed by atoms with van der Waals surface area (Å²) < 4.78 is 0.531. The van der Waals surface area contributed by atoms with Crippen molar-refractivity contribution in [2.24, 2.45) is 0 Å². The van der Waals surface area contributed by atoms with E-state index in [-0.39, 0.29) is 22.3 Å². The van der Waals surface area contributed by atoms with Gasteiger partial charge in [-0.15, -0.1) is 11.3 Å². The number of carbonyl (C=O) groups excluding carboxylic acids is 1. The molecule has 0 aliphatic carbocycles. The van der Waals surface area contributed by atoms with E-state index in [1.165, 1.54) is 35.6 Å². The van der Waals surface area contributed by atoms with E-state index in [4.69, 9.17) is 23.2 Å². The van der Waals surface area contributed by atoms with Gasteiger partial charge in [0, 0.05) is 11.6 Å². The summed E-state index contributed by atoms with van der Waals surface area (Å²) in [6.45, 7) is 0. The molecule has 0 radical (unpaired) electrons. The molecule has 19 heavy (non-hydrogen) atoms. The van der Waals surface area contributed by atoms with E-state index in [0.29, 0.717) is 14.8 Å². The van der Waals surface area contributed by atoms with Gasteiger partial charge in [-0.3, -0.25) is 4.79 Å². The number of hydrogen-bond acceptors (Lipinski definition) is 4. The van der Waals surface area contributed by atoms with Crippen LogP contribution >= 0.6 is 34.5 Å². The summed E-state index contributed by atoms with van der Waals surface area (Å²) in [4.78, 5) is 12.3. The summed E-state index contributed by atoms with van der Waals surface area (Å²) in [6.07, 6.45) is 2.70. The highest BCUT2D eigenvalue weighted by Gasteiger charge is 2.07. The number of phenolic OH excluding ortho intramolecular Hbond substituents is 2. The topological polar surface area (TPSA) is 57.5 Å². The second kappa shape index (κ2) is 5.65. The fourth-order valence-corrected chi connectivity index (χ4v) is 2.52. The van der Waals surface area contributed by atoms with Gasteiger partial charge < -0.3 is 10.2 Å². The zero-order valence-electron chi connectivity index (χ0n) is 9.43. The number of ketones is 1. The van der Waals surface area contributed by atoms with Gasteiger partial charge in [0.1, 0.15) is 11.5 Å². The van der Waals surface area contributed by atoms with Crippen molar-refractivity contribution in [3.63, 3.8) is 0 Å². The molecule has 0 bridgehead atoms. The number of allylic oxidation sites excluding steroid dienone is 1. The molecule has 0 amide bonds. The van der Waals surface area contributed by atoms with Crippen LogP contribution in [0.15, 0.2) is 30.3 Å². The molecule has 0 spiro atoms. The van der Waals surface area contributed by atoms with E-state index in [1.807, 2.05) is 0 Å². The molecule has 0 fully saturated rings. The van der Waals surface area contributed by atoms with E-state index >= 15 is 0 Å². The van der Waals surface area contributed by atoms with Gasteiger partial charge in [-0.05, 0) is 30.4 Å². The monoisotopic (exact) mass is 314 g/mol. The summed E-state index contributed by atoms with van der Waals surface area (Å²) in [7, 11) is 0. The molecule has 2 aromatic rings. The molecule has 0 aliphatic heterocycles. The highest BCUT2D eigenvalue weighted by atomic mass is 35.5. The molecule has 2 rings (SSSR count). The first kappa shape index (κ1) is 13.9. The summed E-state index contributed by atoms with van der Waals surface area (Å²) in [5, 5.41) is 19.1. The second-order valence-electron chi connectivity index (χ2n) is 3.66. The number of rotatable bonds is 3. The van der Waals surface area contributed by atoms with Gasteiger partial charge in [0.15, 0.2) is 5.78 Å². The quantitative estimate of drug-likeness (QED) is 0.502. The van der Waals surface area contributed by atoms with Gasteiger partial charge in [-0.25, -0.2) is 0 Å². The fraction of sp³-hybridized carbons (Fsp3) is 0. The Labute approximate surface area is 123 Å². The molecule has 3 nitrogen and oxygen atoms in total. The number of benzene rings is 1. The minimum absolute atomic E-state index is 0.0472. The summed E-state index contributed by atoms with van der Waals surface area (Å²) >= 11 is 12.5. The van der Waals surface area contributed by atoms with Crippen LogP contribution in [0.2, 0.25) is 9.36 Å². The Morgan fingerprint density at radius 3 is 2.53 bits per heavy atom. The van der Waals surface area contributed by atoms with Gasteiger partial charge in [0.2, 0.25) is 0 Å². The summed E-state index contributed by atoms with van der Waals surface area (Å²) in [5.74, 6) is -0.507. The fourth-order valence-electron chi connectivity index (χ4n) is 1.40. The summed E-state index contributed by atoms with van der Waals surface area (Å²) in [6, 6.07) is 5.75. The van der Waals surface area contributed by atoms with Crippen molar-refractivity contribution in [1.82, 2.24) is 0 Å². The first-order valence-electron chi connectivity index (χ1n) is 5.16.